The first kappa shape index (κ1) is 98.1. The van der Waals surface area contributed by atoms with Crippen molar-refractivity contribution in [2.24, 2.45) is 0 Å². The Balaban J connectivity index is -0.00000112. The molecule has 8 rings (SSSR count). The molecule has 98 heavy (non-hydrogen) atoms. The largest absolute Gasteiger partial charge is 1.00 e. The van der Waals surface area contributed by atoms with E-state index < -0.39 is 22.3 Å². The van der Waals surface area contributed by atoms with Crippen LogP contribution in [0.5, 0.6) is 40.2 Å². The van der Waals surface area contributed by atoms with Gasteiger partial charge in [-0.2, -0.15) is 8.67 Å². The van der Waals surface area contributed by atoms with E-state index in [1.54, 1.807) is 39.8 Å². The summed E-state index contributed by atoms with van der Waals surface area (Å²) >= 11 is 1.05. The van der Waals surface area contributed by atoms with Crippen molar-refractivity contribution in [3.05, 3.63) is 213 Å². The van der Waals surface area contributed by atoms with Crippen LogP contribution in [0.2, 0.25) is 0 Å². The number of anilines is 2. The number of carbonyl (C=O) groups is 2. The molecule has 8 aromatic carbocycles. The van der Waals surface area contributed by atoms with Gasteiger partial charge < -0.3 is 65.4 Å². The summed E-state index contributed by atoms with van der Waals surface area (Å²) in [5.74, 6) is 2.22. The smallest absolute Gasteiger partial charge is 0.744 e. The van der Waals surface area contributed by atoms with Crippen LogP contribution in [0.25, 0.3) is 0 Å². The van der Waals surface area contributed by atoms with Crippen molar-refractivity contribution < 1.29 is 224 Å². The fourth-order valence-corrected chi connectivity index (χ4v) is 9.01. The molecule has 0 radical (unpaired) electrons. The number of carbonyl (C=O) groups excluding carboxylic acids is 2. The van der Waals surface area contributed by atoms with Gasteiger partial charge >= 0.3 is 132 Å². The van der Waals surface area contributed by atoms with Crippen LogP contribution in [0.15, 0.2) is 172 Å². The van der Waals surface area contributed by atoms with Gasteiger partial charge in [-0.25, -0.2) is 8.42 Å². The van der Waals surface area contributed by atoms with Crippen molar-refractivity contribution in [1.82, 2.24) is 0 Å². The molecule has 8 aromatic rings. The zero-order valence-corrected chi connectivity index (χ0v) is 67.7. The van der Waals surface area contributed by atoms with Crippen LogP contribution in [-0.2, 0) is 38.5 Å². The molecule has 0 saturated heterocycles. The van der Waals surface area contributed by atoms with Gasteiger partial charge in [-0.05, 0) is 212 Å². The molecule has 2 amide bonds. The molecule has 518 valence electrons. The molecule has 0 aromatic heterocycles. The third kappa shape index (κ3) is 37.2. The molecular formula is C71H89K2N2NaO19S3. The average molecular weight is 1470 g/mol. The van der Waals surface area contributed by atoms with Crippen LogP contribution in [0.4, 0.5) is 11.4 Å². The molecule has 0 bridgehead atoms. The molecule has 0 fully saturated rings. The predicted octanol–water partition coefficient (Wildman–Crippen LogP) is 5.06. The molecular weight excluding hydrogens is 1380 g/mol. The van der Waals surface area contributed by atoms with Crippen LogP contribution in [0.3, 0.4) is 0 Å². The van der Waals surface area contributed by atoms with Crippen molar-refractivity contribution >= 4 is 57.4 Å². The third-order valence-corrected chi connectivity index (χ3v) is 15.5. The van der Waals surface area contributed by atoms with E-state index in [2.05, 4.69) is 43.2 Å². The van der Waals surface area contributed by atoms with Gasteiger partial charge in [-0.1, -0.05) is 118 Å². The standard InChI is InChI=1S/C19H23NO2.C18H21NO2.C10H14O3S.C8H10O2.2C7H8O5S.2CH4.2K.Na/c1-12-6-9-18(15(4)10-12)22-16(5)19(21)20-17-8-7-13(2)14(3)11-17;1-12-5-8-16(9-6-12)19-18(20)15(4)21-17-10-7-13(2)11-14(17)3;1-3-8(2)9-4-6-10(7-5-9)14(11,12)13;9-6-7-10-8-4-2-1-3-5-8;2*1-4-2-6(9)7(3-5(4)8)13-12-11-10;;;;;/h6-11,16H,1-5H3,(H,20,21);5-11,15H,1-4H3,(H,19,20);4-8H,3H2,1-2H3,(H,11,12,13);1-5,9H,6-7H2;2*2-3,8-10H,1H3;2*1H4;;;/q;;;;;;;;3*+1/p-3. The van der Waals surface area contributed by atoms with E-state index in [4.69, 9.17) is 19.3 Å². The summed E-state index contributed by atoms with van der Waals surface area (Å²) in [6.45, 7) is 25.4. The van der Waals surface area contributed by atoms with Gasteiger partial charge in [0.2, 0.25) is 0 Å². The second-order valence-electron chi connectivity index (χ2n) is 21.1. The molecule has 0 saturated carbocycles. The molecule has 0 aliphatic rings. The number of ether oxygens (including phenoxy) is 3. The number of amides is 2. The summed E-state index contributed by atoms with van der Waals surface area (Å²) in [7, 11) is -4.30. The zero-order chi connectivity index (χ0) is 69.4. The molecule has 3 atom stereocenters. The van der Waals surface area contributed by atoms with Gasteiger partial charge in [0.1, 0.15) is 57.0 Å². The van der Waals surface area contributed by atoms with Crippen LogP contribution in [0.1, 0.15) is 111 Å². The summed E-state index contributed by atoms with van der Waals surface area (Å²) in [5, 5.41) is 76.3. The van der Waals surface area contributed by atoms with E-state index in [1.165, 1.54) is 53.1 Å². The topological polar surface area (TPSA) is 327 Å². The summed E-state index contributed by atoms with van der Waals surface area (Å²) < 4.78 is 56.5. The van der Waals surface area contributed by atoms with Crippen LogP contribution < -0.4 is 168 Å². The van der Waals surface area contributed by atoms with Crippen LogP contribution in [0, 0.1) is 62.3 Å². The maximum absolute atomic E-state index is 12.3. The quantitative estimate of drug-likeness (QED) is 0.0131. The van der Waals surface area contributed by atoms with Crippen molar-refractivity contribution in [2.45, 2.75) is 144 Å². The molecule has 0 heterocycles. The average Bonchev–Trinajstić information content (AvgIpc) is 1.08. The second-order valence-corrected chi connectivity index (χ2v) is 23.9. The van der Waals surface area contributed by atoms with E-state index in [0.717, 1.165) is 62.9 Å². The molecule has 7 N–H and O–H groups in total. The minimum absolute atomic E-state index is 0. The number of aryl methyl sites for hydroxylation is 9. The second kappa shape index (κ2) is 51.9. The Bertz CT molecular complexity index is 3670. The molecule has 0 spiro atoms. The molecule has 21 nitrogen and oxygen atoms in total. The zero-order valence-electron chi connectivity index (χ0n) is 57.0. The fraction of sp³-hybridized carbons (Fsp3) is 0.296. The summed E-state index contributed by atoms with van der Waals surface area (Å²) in [6.07, 6.45) is -0.112. The maximum Gasteiger partial charge on any atom is 1.00 e. The minimum atomic E-state index is -4.30. The van der Waals surface area contributed by atoms with Crippen molar-refractivity contribution in [3.63, 3.8) is 0 Å². The Morgan fingerprint density at radius 1 is 0.510 bits per heavy atom. The third-order valence-electron chi connectivity index (χ3n) is 13.4. The Kier molecular flexibility index (Phi) is 52.0. The van der Waals surface area contributed by atoms with Gasteiger partial charge in [0.05, 0.1) is 45.4 Å². The summed E-state index contributed by atoms with van der Waals surface area (Å²) in [4.78, 5) is 24.7. The minimum Gasteiger partial charge on any atom is -0.744 e. The summed E-state index contributed by atoms with van der Waals surface area (Å²) in [6, 6.07) is 46.2. The predicted molar refractivity (Wildman–Crippen MR) is 367 cm³/mol. The number of hydrogen-bond acceptors (Lipinski definition) is 21. The van der Waals surface area contributed by atoms with Gasteiger partial charge in [0.15, 0.2) is 12.2 Å². The van der Waals surface area contributed by atoms with Gasteiger partial charge in [-0.3, -0.25) is 19.7 Å². The molecule has 3 unspecified atom stereocenters. The first-order chi connectivity index (χ1) is 44.0. The number of hydrogen-bond donors (Lipinski definition) is 7. The number of nitrogens with one attached hydrogen (secondary N) is 2. The molecule has 27 heteroatoms. The number of phenolic OH excluding ortho intramolecular Hbond substituents is 4. The fourth-order valence-electron chi connectivity index (χ4n) is 7.73. The van der Waals surface area contributed by atoms with Crippen molar-refractivity contribution in [1.29, 1.82) is 0 Å². The van der Waals surface area contributed by atoms with E-state index in [1.807, 2.05) is 158 Å². The van der Waals surface area contributed by atoms with Crippen LogP contribution >= 0.6 is 24.1 Å². The monoisotopic (exact) mass is 1470 g/mol. The number of para-hydroxylation sites is 1. The first-order valence-electron chi connectivity index (χ1n) is 28.9. The Labute approximate surface area is 693 Å². The Hall–Kier alpha value is -4.10. The van der Waals surface area contributed by atoms with Crippen molar-refractivity contribution in [2.75, 3.05) is 23.8 Å². The Morgan fingerprint density at radius 3 is 1.32 bits per heavy atom. The van der Waals surface area contributed by atoms with Gasteiger partial charge in [-0.15, -0.1) is 0 Å². The van der Waals surface area contributed by atoms with E-state index >= 15 is 0 Å². The molecule has 0 aliphatic heterocycles. The number of aromatic hydroxyl groups is 4. The number of aliphatic hydroxyl groups is 1. The number of benzene rings is 8. The summed E-state index contributed by atoms with van der Waals surface area (Å²) in [5.41, 5.74) is 11.6. The Morgan fingerprint density at radius 2 is 0.929 bits per heavy atom. The van der Waals surface area contributed by atoms with Crippen molar-refractivity contribution in [3.8, 4) is 40.2 Å². The number of aliphatic hydroxyl groups excluding tert-OH is 1. The van der Waals surface area contributed by atoms with E-state index in [-0.39, 0.29) is 203 Å². The normalized spacial score (nSPS) is 10.9. The van der Waals surface area contributed by atoms with E-state index in [0.29, 0.717) is 47.7 Å². The number of phenols is 4. The SMILES string of the molecule is C.C.CCC(C)c1ccc(S(=O)(=O)[O-])cc1.Cc1cc(O)c(SOO[O-])cc1O.Cc1cc(O)c(SOO[O-])cc1O.Cc1ccc(NC(=O)C(C)Oc2ccc(C)cc2C)cc1.Cc1ccc(OC(C)C(=O)Nc2ccc(C)c(C)c2)c(C)c1.OCCOc1ccccc1.[K+].[K+].[Na+]. The van der Waals surface area contributed by atoms with Gasteiger partial charge in [0.25, 0.3) is 11.8 Å². The van der Waals surface area contributed by atoms with Crippen LogP contribution in [-0.4, -0.2) is 75.7 Å². The molecule has 0 aliphatic carbocycles. The van der Waals surface area contributed by atoms with E-state index in [9.17, 15) is 53.5 Å². The maximum atomic E-state index is 12.3. The first-order valence-corrected chi connectivity index (χ1v) is 31.8. The number of rotatable bonds is 20. The van der Waals surface area contributed by atoms with Gasteiger partial charge in [0, 0.05) is 11.4 Å².